The number of aromatic nitrogens is 2. The summed E-state index contributed by atoms with van der Waals surface area (Å²) in [6.07, 6.45) is 0. The molecule has 2 heterocycles. The lowest BCUT2D eigenvalue weighted by molar-refractivity contribution is -0.384. The highest BCUT2D eigenvalue weighted by molar-refractivity contribution is 5.94. The Bertz CT molecular complexity index is 1070. The number of amides is 1. The number of nitro groups is 1. The molecule has 0 N–H and O–H groups in total. The Morgan fingerprint density at radius 1 is 1.16 bits per heavy atom. The van der Waals surface area contributed by atoms with E-state index < -0.39 is 4.92 Å². The molecular weight excluding hydrogens is 402 g/mol. The molecule has 0 aliphatic carbocycles. The van der Waals surface area contributed by atoms with E-state index in [1.165, 1.54) is 18.2 Å². The third kappa shape index (κ3) is 4.69. The van der Waals surface area contributed by atoms with Crippen molar-refractivity contribution in [1.29, 1.82) is 0 Å². The maximum absolute atomic E-state index is 12.7. The minimum absolute atomic E-state index is 0.0887. The van der Waals surface area contributed by atoms with Crippen LogP contribution >= 0.6 is 0 Å². The van der Waals surface area contributed by atoms with Crippen LogP contribution in [-0.4, -0.2) is 64.1 Å². The number of hydrogen-bond acceptors (Lipinski definition) is 8. The summed E-state index contributed by atoms with van der Waals surface area (Å²) in [5.41, 5.74) is 1.05. The lowest BCUT2D eigenvalue weighted by Crippen LogP contribution is -2.48. The molecule has 3 aromatic rings. The lowest BCUT2D eigenvalue weighted by Gasteiger charge is -2.34. The van der Waals surface area contributed by atoms with Crippen LogP contribution in [0.5, 0.6) is 5.75 Å². The van der Waals surface area contributed by atoms with Gasteiger partial charge in [0.1, 0.15) is 5.75 Å². The fourth-order valence-electron chi connectivity index (χ4n) is 3.41. The first kappa shape index (κ1) is 20.5. The Hall–Kier alpha value is -3.79. The Morgan fingerprint density at radius 3 is 2.58 bits per heavy atom. The number of carbonyl (C=O) groups is 1. The van der Waals surface area contributed by atoms with E-state index in [1.807, 2.05) is 24.3 Å². The number of rotatable bonds is 6. The Morgan fingerprint density at radius 2 is 1.90 bits per heavy atom. The lowest BCUT2D eigenvalue weighted by atomic mass is 10.1. The van der Waals surface area contributed by atoms with E-state index >= 15 is 0 Å². The van der Waals surface area contributed by atoms with E-state index in [2.05, 4.69) is 15.0 Å². The van der Waals surface area contributed by atoms with Crippen molar-refractivity contribution in [3.63, 3.8) is 0 Å². The van der Waals surface area contributed by atoms with Crippen LogP contribution in [0.2, 0.25) is 0 Å². The smallest absolute Gasteiger partial charge is 0.270 e. The molecule has 10 nitrogen and oxygen atoms in total. The summed E-state index contributed by atoms with van der Waals surface area (Å²) in [6.45, 7) is 2.84. The Labute approximate surface area is 178 Å². The summed E-state index contributed by atoms with van der Waals surface area (Å²) in [5.74, 6) is 1.56. The van der Waals surface area contributed by atoms with Crippen LogP contribution in [0.15, 0.2) is 53.1 Å². The number of hydrogen-bond donors (Lipinski definition) is 0. The Balaban J connectivity index is 1.33. The highest BCUT2D eigenvalue weighted by Gasteiger charge is 2.24. The van der Waals surface area contributed by atoms with Crippen molar-refractivity contribution in [3.05, 3.63) is 70.0 Å². The van der Waals surface area contributed by atoms with Gasteiger partial charge in [0.2, 0.25) is 0 Å². The first-order chi connectivity index (χ1) is 15.0. The topological polar surface area (TPSA) is 115 Å². The number of nitro benzene ring substituents is 1. The SMILES string of the molecule is COc1ccc(-c2nc(CN3CCN(C(=O)c4cccc([N+](=O)[O-])c4)CC3)no2)cc1. The van der Waals surface area contributed by atoms with Crippen molar-refractivity contribution in [3.8, 4) is 17.2 Å². The van der Waals surface area contributed by atoms with Gasteiger partial charge in [-0.3, -0.25) is 19.8 Å². The summed E-state index contributed by atoms with van der Waals surface area (Å²) in [7, 11) is 1.61. The number of piperazine rings is 1. The third-order valence-electron chi connectivity index (χ3n) is 5.13. The summed E-state index contributed by atoms with van der Waals surface area (Å²) in [5, 5.41) is 15.0. The molecule has 1 fully saturated rings. The maximum atomic E-state index is 12.7. The average Bonchev–Trinajstić information content (AvgIpc) is 3.27. The second-order valence-electron chi connectivity index (χ2n) is 7.12. The summed E-state index contributed by atoms with van der Waals surface area (Å²) in [4.78, 5) is 31.4. The van der Waals surface area contributed by atoms with Gasteiger partial charge in [0.05, 0.1) is 18.6 Å². The van der Waals surface area contributed by atoms with Gasteiger partial charge < -0.3 is 14.2 Å². The van der Waals surface area contributed by atoms with Gasteiger partial charge in [-0.05, 0) is 30.3 Å². The Kier molecular flexibility index (Phi) is 5.89. The standard InChI is InChI=1S/C21H21N5O5/c1-30-18-7-5-15(6-8-18)20-22-19(23-31-20)14-24-9-11-25(12-10-24)21(27)16-3-2-4-17(13-16)26(28)29/h2-8,13H,9-12,14H2,1H3. The van der Waals surface area contributed by atoms with Crippen LogP contribution in [0.3, 0.4) is 0 Å². The van der Waals surface area contributed by atoms with Gasteiger partial charge in [-0.25, -0.2) is 0 Å². The number of non-ortho nitro benzene ring substituents is 1. The van der Waals surface area contributed by atoms with E-state index in [0.717, 1.165) is 11.3 Å². The molecule has 0 bridgehead atoms. The van der Waals surface area contributed by atoms with Crippen LogP contribution in [0, 0.1) is 10.1 Å². The molecule has 1 aliphatic rings. The van der Waals surface area contributed by atoms with Crippen LogP contribution < -0.4 is 4.74 Å². The molecule has 0 unspecified atom stereocenters. The normalized spacial score (nSPS) is 14.4. The van der Waals surface area contributed by atoms with Crippen molar-refractivity contribution in [2.75, 3.05) is 33.3 Å². The minimum atomic E-state index is -0.500. The second-order valence-corrected chi connectivity index (χ2v) is 7.12. The third-order valence-corrected chi connectivity index (χ3v) is 5.13. The van der Waals surface area contributed by atoms with E-state index in [9.17, 15) is 14.9 Å². The molecule has 10 heteroatoms. The fourth-order valence-corrected chi connectivity index (χ4v) is 3.41. The summed E-state index contributed by atoms with van der Waals surface area (Å²) in [6, 6.07) is 13.2. The zero-order chi connectivity index (χ0) is 21.8. The molecule has 0 saturated carbocycles. The molecule has 1 aromatic heterocycles. The molecule has 160 valence electrons. The van der Waals surface area contributed by atoms with Crippen molar-refractivity contribution in [2.45, 2.75) is 6.54 Å². The number of carbonyl (C=O) groups excluding carboxylic acids is 1. The van der Waals surface area contributed by atoms with Gasteiger partial charge in [0, 0.05) is 49.4 Å². The molecule has 1 saturated heterocycles. The number of nitrogens with zero attached hydrogens (tertiary/aromatic N) is 5. The van der Waals surface area contributed by atoms with E-state index in [0.29, 0.717) is 50.0 Å². The molecule has 1 amide bonds. The zero-order valence-electron chi connectivity index (χ0n) is 16.9. The first-order valence-electron chi connectivity index (χ1n) is 9.76. The van der Waals surface area contributed by atoms with Crippen molar-refractivity contribution in [2.24, 2.45) is 0 Å². The van der Waals surface area contributed by atoms with E-state index in [1.54, 1.807) is 18.1 Å². The molecule has 0 atom stereocenters. The molecule has 4 rings (SSSR count). The molecular formula is C21H21N5O5. The van der Waals surface area contributed by atoms with Crippen LogP contribution in [0.1, 0.15) is 16.2 Å². The highest BCUT2D eigenvalue weighted by atomic mass is 16.6. The molecule has 0 radical (unpaired) electrons. The van der Waals surface area contributed by atoms with Crippen LogP contribution in [-0.2, 0) is 6.54 Å². The quantitative estimate of drug-likeness (QED) is 0.439. The molecule has 2 aromatic carbocycles. The maximum Gasteiger partial charge on any atom is 0.270 e. The zero-order valence-corrected chi connectivity index (χ0v) is 16.9. The van der Waals surface area contributed by atoms with Crippen molar-refractivity contribution in [1.82, 2.24) is 19.9 Å². The second kappa shape index (κ2) is 8.92. The first-order valence-corrected chi connectivity index (χ1v) is 9.76. The van der Waals surface area contributed by atoms with Gasteiger partial charge in [-0.15, -0.1) is 0 Å². The summed E-state index contributed by atoms with van der Waals surface area (Å²) < 4.78 is 10.5. The van der Waals surface area contributed by atoms with E-state index in [4.69, 9.17) is 9.26 Å². The highest BCUT2D eigenvalue weighted by Crippen LogP contribution is 2.21. The van der Waals surface area contributed by atoms with Crippen LogP contribution in [0.25, 0.3) is 11.5 Å². The number of benzene rings is 2. The summed E-state index contributed by atoms with van der Waals surface area (Å²) >= 11 is 0. The van der Waals surface area contributed by atoms with Gasteiger partial charge >= 0.3 is 0 Å². The van der Waals surface area contributed by atoms with Gasteiger partial charge in [-0.2, -0.15) is 4.98 Å². The van der Waals surface area contributed by atoms with Gasteiger partial charge in [0.25, 0.3) is 17.5 Å². The molecule has 1 aliphatic heterocycles. The van der Waals surface area contributed by atoms with E-state index in [-0.39, 0.29) is 11.6 Å². The largest absolute Gasteiger partial charge is 0.497 e. The van der Waals surface area contributed by atoms with Crippen molar-refractivity contribution < 1.29 is 19.0 Å². The number of ether oxygens (including phenoxy) is 1. The van der Waals surface area contributed by atoms with Gasteiger partial charge in [-0.1, -0.05) is 11.2 Å². The number of methoxy groups -OCH3 is 1. The predicted molar refractivity (Wildman–Crippen MR) is 111 cm³/mol. The van der Waals surface area contributed by atoms with Crippen molar-refractivity contribution >= 4 is 11.6 Å². The predicted octanol–water partition coefficient (Wildman–Crippen LogP) is 2.61. The molecule has 0 spiro atoms. The van der Waals surface area contributed by atoms with Gasteiger partial charge in [0.15, 0.2) is 5.82 Å². The average molecular weight is 423 g/mol. The monoisotopic (exact) mass is 423 g/mol. The molecule has 31 heavy (non-hydrogen) atoms. The van der Waals surface area contributed by atoms with Crippen LogP contribution in [0.4, 0.5) is 5.69 Å². The fraction of sp³-hybridized carbons (Fsp3) is 0.286. The minimum Gasteiger partial charge on any atom is -0.497 e.